The normalized spacial score (nSPS) is 11.8. The molecule has 2 aromatic carbocycles. The maximum atomic E-state index is 10.8. The summed E-state index contributed by atoms with van der Waals surface area (Å²) >= 11 is 0. The van der Waals surface area contributed by atoms with E-state index in [-0.39, 0.29) is 11.7 Å². The van der Waals surface area contributed by atoms with Gasteiger partial charge in [-0.1, -0.05) is 12.1 Å². The molecule has 0 aliphatic heterocycles. The van der Waals surface area contributed by atoms with Crippen molar-refractivity contribution in [3.63, 3.8) is 0 Å². The van der Waals surface area contributed by atoms with Gasteiger partial charge in [0.1, 0.15) is 5.75 Å². The summed E-state index contributed by atoms with van der Waals surface area (Å²) in [7, 11) is 1.43. The fourth-order valence-corrected chi connectivity index (χ4v) is 1.84. The first-order valence-electron chi connectivity index (χ1n) is 6.37. The van der Waals surface area contributed by atoms with E-state index < -0.39 is 4.92 Å². The van der Waals surface area contributed by atoms with Gasteiger partial charge in [0.05, 0.1) is 18.1 Å². The highest BCUT2D eigenvalue weighted by Gasteiger charge is 2.13. The van der Waals surface area contributed by atoms with Gasteiger partial charge in [0.25, 0.3) is 5.69 Å². The van der Waals surface area contributed by atoms with Crippen molar-refractivity contribution in [3.05, 3.63) is 58.1 Å². The van der Waals surface area contributed by atoms with E-state index in [9.17, 15) is 10.1 Å². The molecular weight excluding hydrogens is 272 g/mol. The molecule has 0 spiro atoms. The van der Waals surface area contributed by atoms with Crippen LogP contribution in [0.1, 0.15) is 18.5 Å². The largest absolute Gasteiger partial charge is 0.493 e. The lowest BCUT2D eigenvalue weighted by Crippen LogP contribution is -2.04. The van der Waals surface area contributed by atoms with Crippen LogP contribution in [0.3, 0.4) is 0 Å². The third-order valence-electron chi connectivity index (χ3n) is 2.97. The minimum Gasteiger partial charge on any atom is -0.493 e. The van der Waals surface area contributed by atoms with Crippen molar-refractivity contribution in [2.45, 2.75) is 13.0 Å². The molecule has 6 nitrogen and oxygen atoms in total. The molecule has 0 bridgehead atoms. The molecule has 1 atom stereocenters. The van der Waals surface area contributed by atoms with Crippen LogP contribution in [0.2, 0.25) is 0 Å². The summed E-state index contributed by atoms with van der Waals surface area (Å²) in [4.78, 5) is 10.3. The van der Waals surface area contributed by atoms with Gasteiger partial charge < -0.3 is 15.2 Å². The monoisotopic (exact) mass is 288 g/mol. The molecule has 0 amide bonds. The molecule has 0 heterocycles. The standard InChI is InChI=1S/C15H16N2O4/c1-10(16)11-4-3-5-13(8-11)21-14-7-6-12(17(18)19)9-15(14)20-2/h3-10H,16H2,1-2H3. The molecule has 0 saturated carbocycles. The second kappa shape index (κ2) is 6.23. The quantitative estimate of drug-likeness (QED) is 0.672. The van der Waals surface area contributed by atoms with Crippen molar-refractivity contribution in [1.82, 2.24) is 0 Å². The van der Waals surface area contributed by atoms with Crippen LogP contribution < -0.4 is 15.2 Å². The Morgan fingerprint density at radius 3 is 2.57 bits per heavy atom. The average molecular weight is 288 g/mol. The van der Waals surface area contributed by atoms with Gasteiger partial charge >= 0.3 is 0 Å². The number of nitro benzene ring substituents is 1. The van der Waals surface area contributed by atoms with Crippen LogP contribution in [0.5, 0.6) is 17.2 Å². The number of hydrogen-bond donors (Lipinski definition) is 1. The third-order valence-corrected chi connectivity index (χ3v) is 2.97. The Morgan fingerprint density at radius 1 is 1.19 bits per heavy atom. The summed E-state index contributed by atoms with van der Waals surface area (Å²) < 4.78 is 10.9. The van der Waals surface area contributed by atoms with Crippen molar-refractivity contribution in [1.29, 1.82) is 0 Å². The van der Waals surface area contributed by atoms with E-state index in [4.69, 9.17) is 15.2 Å². The van der Waals surface area contributed by atoms with Crippen molar-refractivity contribution < 1.29 is 14.4 Å². The van der Waals surface area contributed by atoms with Gasteiger partial charge in [-0.3, -0.25) is 10.1 Å². The van der Waals surface area contributed by atoms with Crippen LogP contribution in [-0.2, 0) is 0 Å². The van der Waals surface area contributed by atoms with E-state index in [0.717, 1.165) is 5.56 Å². The van der Waals surface area contributed by atoms with Crippen molar-refractivity contribution in [3.8, 4) is 17.2 Å². The number of nitrogens with zero attached hydrogens (tertiary/aromatic N) is 1. The average Bonchev–Trinajstić information content (AvgIpc) is 2.47. The molecule has 0 aliphatic rings. The van der Waals surface area contributed by atoms with Gasteiger partial charge in [-0.2, -0.15) is 0 Å². The van der Waals surface area contributed by atoms with Gasteiger partial charge in [-0.15, -0.1) is 0 Å². The van der Waals surface area contributed by atoms with Crippen LogP contribution in [0, 0.1) is 10.1 Å². The Balaban J connectivity index is 2.31. The van der Waals surface area contributed by atoms with Gasteiger partial charge in [0.15, 0.2) is 11.5 Å². The molecule has 110 valence electrons. The zero-order valence-electron chi connectivity index (χ0n) is 11.8. The maximum absolute atomic E-state index is 10.8. The number of benzene rings is 2. The van der Waals surface area contributed by atoms with Crippen LogP contribution in [0.4, 0.5) is 5.69 Å². The van der Waals surface area contributed by atoms with Gasteiger partial charge in [-0.25, -0.2) is 0 Å². The van der Waals surface area contributed by atoms with Crippen molar-refractivity contribution in [2.24, 2.45) is 5.73 Å². The van der Waals surface area contributed by atoms with Gasteiger partial charge in [0.2, 0.25) is 0 Å². The lowest BCUT2D eigenvalue weighted by Gasteiger charge is -2.12. The smallest absolute Gasteiger partial charge is 0.273 e. The summed E-state index contributed by atoms with van der Waals surface area (Å²) in [6.07, 6.45) is 0. The molecule has 2 aromatic rings. The number of nitrogens with two attached hydrogens (primary N) is 1. The first kappa shape index (κ1) is 14.8. The number of nitro groups is 1. The molecule has 21 heavy (non-hydrogen) atoms. The zero-order valence-corrected chi connectivity index (χ0v) is 11.8. The van der Waals surface area contributed by atoms with E-state index in [1.165, 1.54) is 25.3 Å². The molecular formula is C15H16N2O4. The summed E-state index contributed by atoms with van der Waals surface area (Å²) in [6.45, 7) is 1.88. The molecule has 0 saturated heterocycles. The SMILES string of the molecule is COc1cc([N+](=O)[O-])ccc1Oc1cccc(C(C)N)c1. The molecule has 2 rings (SSSR count). The minimum atomic E-state index is -0.483. The summed E-state index contributed by atoms with van der Waals surface area (Å²) in [6, 6.07) is 11.5. The first-order chi connectivity index (χ1) is 10.0. The fraction of sp³-hybridized carbons (Fsp3) is 0.200. The van der Waals surface area contributed by atoms with E-state index in [2.05, 4.69) is 0 Å². The van der Waals surface area contributed by atoms with E-state index in [0.29, 0.717) is 17.2 Å². The second-order valence-electron chi connectivity index (χ2n) is 4.56. The lowest BCUT2D eigenvalue weighted by atomic mass is 10.1. The summed E-state index contributed by atoms with van der Waals surface area (Å²) in [5, 5.41) is 10.8. The summed E-state index contributed by atoms with van der Waals surface area (Å²) in [5.41, 5.74) is 6.72. The van der Waals surface area contributed by atoms with Crippen LogP contribution in [0.25, 0.3) is 0 Å². The van der Waals surface area contributed by atoms with E-state index in [1.54, 1.807) is 6.07 Å². The topological polar surface area (TPSA) is 87.6 Å². The Kier molecular flexibility index (Phi) is 4.39. The van der Waals surface area contributed by atoms with Gasteiger partial charge in [0, 0.05) is 12.1 Å². The first-order valence-corrected chi connectivity index (χ1v) is 6.37. The highest BCUT2D eigenvalue weighted by Crippen LogP contribution is 2.34. The zero-order chi connectivity index (χ0) is 15.4. The number of methoxy groups -OCH3 is 1. The lowest BCUT2D eigenvalue weighted by molar-refractivity contribution is -0.384. The van der Waals surface area contributed by atoms with Crippen LogP contribution in [-0.4, -0.2) is 12.0 Å². The minimum absolute atomic E-state index is 0.0523. The molecule has 0 aromatic heterocycles. The van der Waals surface area contributed by atoms with E-state index in [1.807, 2.05) is 25.1 Å². The Morgan fingerprint density at radius 2 is 1.95 bits per heavy atom. The fourth-order valence-electron chi connectivity index (χ4n) is 1.84. The second-order valence-corrected chi connectivity index (χ2v) is 4.56. The van der Waals surface area contributed by atoms with Crippen molar-refractivity contribution in [2.75, 3.05) is 7.11 Å². The van der Waals surface area contributed by atoms with Crippen molar-refractivity contribution >= 4 is 5.69 Å². The molecule has 0 fully saturated rings. The van der Waals surface area contributed by atoms with Crippen LogP contribution >= 0.6 is 0 Å². The number of non-ortho nitro benzene ring substituents is 1. The van der Waals surface area contributed by atoms with E-state index >= 15 is 0 Å². The molecule has 6 heteroatoms. The molecule has 0 radical (unpaired) electrons. The van der Waals surface area contributed by atoms with Gasteiger partial charge in [-0.05, 0) is 30.7 Å². The number of rotatable bonds is 5. The summed E-state index contributed by atoms with van der Waals surface area (Å²) in [5.74, 6) is 1.30. The predicted molar refractivity (Wildman–Crippen MR) is 78.8 cm³/mol. The Hall–Kier alpha value is -2.60. The predicted octanol–water partition coefficient (Wildman–Crippen LogP) is 3.42. The Labute approximate surface area is 122 Å². The molecule has 0 aliphatic carbocycles. The number of ether oxygens (including phenoxy) is 2. The molecule has 2 N–H and O–H groups in total. The Bertz CT molecular complexity index is 656. The maximum Gasteiger partial charge on any atom is 0.273 e. The highest BCUT2D eigenvalue weighted by molar-refractivity contribution is 5.50. The highest BCUT2D eigenvalue weighted by atomic mass is 16.6. The number of hydrogen-bond acceptors (Lipinski definition) is 5. The third kappa shape index (κ3) is 3.49. The van der Waals surface area contributed by atoms with Crippen LogP contribution in [0.15, 0.2) is 42.5 Å². The molecule has 1 unspecified atom stereocenters.